The van der Waals surface area contributed by atoms with Gasteiger partial charge in [-0.1, -0.05) is 30.3 Å². The fraction of sp³-hybridized carbons (Fsp3) is 0.400. The number of rotatable bonds is 9. The van der Waals surface area contributed by atoms with Crippen LogP contribution in [0, 0.1) is 0 Å². The first-order valence-corrected chi connectivity index (χ1v) is 6.61. The van der Waals surface area contributed by atoms with Crippen molar-refractivity contribution < 1.29 is 24.2 Å². The summed E-state index contributed by atoms with van der Waals surface area (Å²) in [6.07, 6.45) is 0.0523. The SMILES string of the molecule is COCCN(CC(=O)O)C(=O)CCC(=O)c1ccccc1. The maximum Gasteiger partial charge on any atom is 0.323 e. The molecule has 1 rings (SSSR count). The van der Waals surface area contributed by atoms with Crippen LogP contribution >= 0.6 is 0 Å². The third-order valence-corrected chi connectivity index (χ3v) is 2.91. The van der Waals surface area contributed by atoms with Crippen molar-refractivity contribution in [3.8, 4) is 0 Å². The second kappa shape index (κ2) is 8.86. The molecule has 6 nitrogen and oxygen atoms in total. The molecule has 1 aromatic rings. The third-order valence-electron chi connectivity index (χ3n) is 2.91. The van der Waals surface area contributed by atoms with Crippen LogP contribution in [0.1, 0.15) is 23.2 Å². The van der Waals surface area contributed by atoms with Crippen LogP contribution in [0.25, 0.3) is 0 Å². The first-order valence-electron chi connectivity index (χ1n) is 6.61. The van der Waals surface area contributed by atoms with E-state index in [1.807, 2.05) is 0 Å². The predicted molar refractivity (Wildman–Crippen MR) is 76.1 cm³/mol. The first-order chi connectivity index (χ1) is 10.0. The molecule has 6 heteroatoms. The van der Waals surface area contributed by atoms with Crippen molar-refractivity contribution in [1.82, 2.24) is 4.90 Å². The number of amides is 1. The fourth-order valence-corrected chi connectivity index (χ4v) is 1.80. The molecule has 114 valence electrons. The molecule has 0 saturated heterocycles. The number of ketones is 1. The summed E-state index contributed by atoms with van der Waals surface area (Å²) in [7, 11) is 1.47. The zero-order chi connectivity index (χ0) is 15.7. The Morgan fingerprint density at radius 2 is 1.81 bits per heavy atom. The van der Waals surface area contributed by atoms with Crippen LogP contribution in [-0.2, 0) is 14.3 Å². The van der Waals surface area contributed by atoms with E-state index in [1.54, 1.807) is 30.3 Å². The Labute approximate surface area is 123 Å². The van der Waals surface area contributed by atoms with E-state index in [0.717, 1.165) is 0 Å². The van der Waals surface area contributed by atoms with Crippen LogP contribution in [0.15, 0.2) is 30.3 Å². The van der Waals surface area contributed by atoms with Gasteiger partial charge in [0.1, 0.15) is 6.54 Å². The summed E-state index contributed by atoms with van der Waals surface area (Å²) < 4.78 is 4.85. The first kappa shape index (κ1) is 16.8. The minimum atomic E-state index is -1.09. The third kappa shape index (κ3) is 6.18. The van der Waals surface area contributed by atoms with Gasteiger partial charge in [-0.05, 0) is 0 Å². The van der Waals surface area contributed by atoms with E-state index in [9.17, 15) is 14.4 Å². The number of hydrogen-bond donors (Lipinski definition) is 1. The van der Waals surface area contributed by atoms with Crippen LogP contribution < -0.4 is 0 Å². The highest BCUT2D eigenvalue weighted by atomic mass is 16.5. The van der Waals surface area contributed by atoms with E-state index < -0.39 is 5.97 Å². The lowest BCUT2D eigenvalue weighted by Crippen LogP contribution is -2.38. The molecule has 0 aliphatic rings. The van der Waals surface area contributed by atoms with E-state index in [-0.39, 0.29) is 44.2 Å². The molecule has 0 fully saturated rings. The van der Waals surface area contributed by atoms with Crippen molar-refractivity contribution in [2.75, 3.05) is 26.8 Å². The molecule has 0 heterocycles. The Kier molecular flexibility index (Phi) is 7.11. The normalized spacial score (nSPS) is 10.1. The average Bonchev–Trinajstić information content (AvgIpc) is 2.49. The molecule has 0 saturated carbocycles. The molecule has 0 aliphatic carbocycles. The van der Waals surface area contributed by atoms with Crippen molar-refractivity contribution >= 4 is 17.7 Å². The highest BCUT2D eigenvalue weighted by Gasteiger charge is 2.17. The minimum Gasteiger partial charge on any atom is -0.480 e. The molecular formula is C15H19NO5. The smallest absolute Gasteiger partial charge is 0.323 e. The van der Waals surface area contributed by atoms with Crippen molar-refractivity contribution in [3.63, 3.8) is 0 Å². The van der Waals surface area contributed by atoms with Gasteiger partial charge in [0.25, 0.3) is 0 Å². The Bertz CT molecular complexity index is 486. The second-order valence-corrected chi connectivity index (χ2v) is 4.49. The number of Topliss-reactive ketones (excluding diaryl/α,β-unsaturated/α-hetero) is 1. The number of benzene rings is 1. The van der Waals surface area contributed by atoms with Crippen LogP contribution in [0.2, 0.25) is 0 Å². The van der Waals surface area contributed by atoms with Gasteiger partial charge in [-0.2, -0.15) is 0 Å². The van der Waals surface area contributed by atoms with Crippen molar-refractivity contribution in [2.45, 2.75) is 12.8 Å². The van der Waals surface area contributed by atoms with Gasteiger partial charge in [-0.3, -0.25) is 14.4 Å². The number of carboxylic acid groups (broad SMARTS) is 1. The fourth-order valence-electron chi connectivity index (χ4n) is 1.80. The van der Waals surface area contributed by atoms with Crippen LogP contribution in [0.3, 0.4) is 0 Å². The van der Waals surface area contributed by atoms with Gasteiger partial charge >= 0.3 is 5.97 Å². The second-order valence-electron chi connectivity index (χ2n) is 4.49. The van der Waals surface area contributed by atoms with E-state index in [2.05, 4.69) is 0 Å². The summed E-state index contributed by atoms with van der Waals surface area (Å²) in [5.41, 5.74) is 0.548. The maximum absolute atomic E-state index is 12.0. The number of hydrogen-bond acceptors (Lipinski definition) is 4. The molecule has 0 atom stereocenters. The average molecular weight is 293 g/mol. The Morgan fingerprint density at radius 1 is 1.14 bits per heavy atom. The molecule has 0 unspecified atom stereocenters. The summed E-state index contributed by atoms with van der Waals surface area (Å²) in [5.74, 6) is -1.58. The number of nitrogens with zero attached hydrogens (tertiary/aromatic N) is 1. The van der Waals surface area contributed by atoms with Crippen molar-refractivity contribution in [1.29, 1.82) is 0 Å². The van der Waals surface area contributed by atoms with Crippen LogP contribution in [0.4, 0.5) is 0 Å². The minimum absolute atomic E-state index is 0.00920. The number of carbonyl (C=O) groups is 3. The van der Waals surface area contributed by atoms with Crippen LogP contribution in [-0.4, -0.2) is 54.5 Å². The van der Waals surface area contributed by atoms with Gasteiger partial charge in [-0.15, -0.1) is 0 Å². The number of ether oxygens (including phenoxy) is 1. The number of aliphatic carboxylic acids is 1. The summed E-state index contributed by atoms with van der Waals surface area (Å²) in [4.78, 5) is 35.8. The zero-order valence-corrected chi connectivity index (χ0v) is 11.9. The lowest BCUT2D eigenvalue weighted by molar-refractivity contribution is -0.144. The molecule has 0 radical (unpaired) electrons. The Balaban J connectivity index is 2.52. The molecule has 0 bridgehead atoms. The topological polar surface area (TPSA) is 83.9 Å². The largest absolute Gasteiger partial charge is 0.480 e. The Morgan fingerprint density at radius 3 is 2.38 bits per heavy atom. The quantitative estimate of drug-likeness (QED) is 0.692. The summed E-state index contributed by atoms with van der Waals surface area (Å²) in [5, 5.41) is 8.79. The molecule has 0 aliphatic heterocycles. The lowest BCUT2D eigenvalue weighted by Gasteiger charge is -2.20. The molecule has 21 heavy (non-hydrogen) atoms. The maximum atomic E-state index is 12.0. The number of methoxy groups -OCH3 is 1. The monoisotopic (exact) mass is 293 g/mol. The van der Waals surface area contributed by atoms with Crippen LogP contribution in [0.5, 0.6) is 0 Å². The molecule has 0 aromatic heterocycles. The van der Waals surface area contributed by atoms with E-state index in [0.29, 0.717) is 5.56 Å². The molecule has 1 amide bonds. The molecule has 0 spiro atoms. The lowest BCUT2D eigenvalue weighted by atomic mass is 10.1. The number of carboxylic acids is 1. The molecule has 1 N–H and O–H groups in total. The highest BCUT2D eigenvalue weighted by molar-refractivity contribution is 5.98. The molecule has 1 aromatic carbocycles. The summed E-state index contributed by atoms with van der Waals surface area (Å²) >= 11 is 0. The van der Waals surface area contributed by atoms with E-state index in [4.69, 9.17) is 9.84 Å². The predicted octanol–water partition coefficient (Wildman–Crippen LogP) is 1.21. The van der Waals surface area contributed by atoms with Crippen molar-refractivity contribution in [3.05, 3.63) is 35.9 Å². The summed E-state index contributed by atoms with van der Waals surface area (Å²) in [6.45, 7) is 0.0640. The zero-order valence-electron chi connectivity index (χ0n) is 11.9. The van der Waals surface area contributed by atoms with Gasteiger partial charge < -0.3 is 14.7 Å². The van der Waals surface area contributed by atoms with Gasteiger partial charge in [0.05, 0.1) is 6.61 Å². The molecular weight excluding hydrogens is 274 g/mol. The van der Waals surface area contributed by atoms with Crippen molar-refractivity contribution in [2.24, 2.45) is 0 Å². The van der Waals surface area contributed by atoms with Gasteiger partial charge in [0.2, 0.25) is 5.91 Å². The van der Waals surface area contributed by atoms with E-state index >= 15 is 0 Å². The number of carbonyl (C=O) groups excluding carboxylic acids is 2. The van der Waals surface area contributed by atoms with Gasteiger partial charge in [-0.25, -0.2) is 0 Å². The Hall–Kier alpha value is -2.21. The standard InChI is InChI=1S/C15H19NO5/c1-21-10-9-16(11-15(19)20)14(18)8-7-13(17)12-5-3-2-4-6-12/h2-6H,7-11H2,1H3,(H,19,20). The van der Waals surface area contributed by atoms with Gasteiger partial charge in [0.15, 0.2) is 5.78 Å². The summed E-state index contributed by atoms with van der Waals surface area (Å²) in [6, 6.07) is 8.69. The highest BCUT2D eigenvalue weighted by Crippen LogP contribution is 2.07. The van der Waals surface area contributed by atoms with E-state index in [1.165, 1.54) is 12.0 Å². The van der Waals surface area contributed by atoms with Gasteiger partial charge in [0, 0.05) is 32.1 Å².